The number of benzene rings is 1. The predicted molar refractivity (Wildman–Crippen MR) is 57.8 cm³/mol. The molecule has 0 aromatic heterocycles. The van der Waals surface area contributed by atoms with Crippen LogP contribution in [0, 0.1) is 13.8 Å². The lowest BCUT2D eigenvalue weighted by Gasteiger charge is -2.12. The van der Waals surface area contributed by atoms with Crippen molar-refractivity contribution in [3.8, 4) is 0 Å². The molecule has 0 aliphatic carbocycles. The molecule has 0 aliphatic rings. The second kappa shape index (κ2) is 4.43. The van der Waals surface area contributed by atoms with Gasteiger partial charge in [0.25, 0.3) is 0 Å². The van der Waals surface area contributed by atoms with Gasteiger partial charge in [0.05, 0.1) is 0 Å². The van der Waals surface area contributed by atoms with Crippen molar-refractivity contribution in [1.82, 2.24) is 0 Å². The van der Waals surface area contributed by atoms with E-state index in [0.717, 1.165) is 0 Å². The second-order valence-electron chi connectivity index (χ2n) is 3.60. The summed E-state index contributed by atoms with van der Waals surface area (Å²) < 4.78 is 0. The topological polar surface area (TPSA) is 26.0 Å². The van der Waals surface area contributed by atoms with Crippen molar-refractivity contribution in [2.45, 2.75) is 40.2 Å². The van der Waals surface area contributed by atoms with E-state index in [1.807, 2.05) is 0 Å². The molecular formula is C12H19N. The van der Waals surface area contributed by atoms with Crippen molar-refractivity contribution in [3.05, 3.63) is 34.4 Å². The normalized spacial score (nSPS) is 10.5. The van der Waals surface area contributed by atoms with Gasteiger partial charge in [-0.3, -0.25) is 0 Å². The van der Waals surface area contributed by atoms with Crippen molar-refractivity contribution < 1.29 is 0 Å². The molecule has 1 heteroatoms. The average Bonchev–Trinajstić information content (AvgIpc) is 2.11. The van der Waals surface area contributed by atoms with Gasteiger partial charge in [-0.2, -0.15) is 0 Å². The number of hydrogen-bond donors (Lipinski definition) is 1. The maximum atomic E-state index is 5.72. The van der Waals surface area contributed by atoms with Crippen molar-refractivity contribution in [3.63, 3.8) is 0 Å². The molecule has 0 fully saturated rings. The summed E-state index contributed by atoms with van der Waals surface area (Å²) in [6.07, 6.45) is 2.37. The molecule has 0 amide bonds. The van der Waals surface area contributed by atoms with E-state index in [9.17, 15) is 0 Å². The van der Waals surface area contributed by atoms with Crippen LogP contribution in [0.2, 0.25) is 0 Å². The Kier molecular flexibility index (Phi) is 3.49. The molecule has 13 heavy (non-hydrogen) atoms. The highest BCUT2D eigenvalue weighted by molar-refractivity contribution is 5.39. The molecule has 1 aromatic carbocycles. The highest BCUT2D eigenvalue weighted by Crippen LogP contribution is 2.18. The Morgan fingerprint density at radius 1 is 1.23 bits per heavy atom. The monoisotopic (exact) mass is 177 g/mol. The number of aryl methyl sites for hydroxylation is 2. The number of hydrogen-bond acceptors (Lipinski definition) is 1. The molecule has 1 rings (SSSR count). The fraction of sp³-hybridized carbons (Fsp3) is 0.500. The van der Waals surface area contributed by atoms with E-state index in [0.29, 0.717) is 6.54 Å². The van der Waals surface area contributed by atoms with Gasteiger partial charge in [0, 0.05) is 6.54 Å². The quantitative estimate of drug-likeness (QED) is 0.754. The Bertz CT molecular complexity index is 289. The Morgan fingerprint density at radius 3 is 2.46 bits per heavy atom. The molecule has 0 saturated carbocycles. The fourth-order valence-corrected chi connectivity index (χ4v) is 1.79. The van der Waals surface area contributed by atoms with Crippen molar-refractivity contribution in [2.24, 2.45) is 5.73 Å². The molecular weight excluding hydrogens is 158 g/mol. The number of rotatable bonds is 3. The van der Waals surface area contributed by atoms with Gasteiger partial charge < -0.3 is 5.73 Å². The average molecular weight is 177 g/mol. The SMILES string of the molecule is CCCc1ccc(C)c(CN)c1C. The van der Waals surface area contributed by atoms with E-state index in [4.69, 9.17) is 5.73 Å². The second-order valence-corrected chi connectivity index (χ2v) is 3.60. The van der Waals surface area contributed by atoms with Crippen LogP contribution in [0.5, 0.6) is 0 Å². The Hall–Kier alpha value is -0.820. The van der Waals surface area contributed by atoms with Crippen molar-refractivity contribution in [2.75, 3.05) is 0 Å². The zero-order chi connectivity index (χ0) is 9.84. The van der Waals surface area contributed by atoms with Crippen LogP contribution in [0.3, 0.4) is 0 Å². The summed E-state index contributed by atoms with van der Waals surface area (Å²) in [7, 11) is 0. The van der Waals surface area contributed by atoms with Crippen LogP contribution in [0.4, 0.5) is 0 Å². The first-order valence-electron chi connectivity index (χ1n) is 4.98. The van der Waals surface area contributed by atoms with Crippen molar-refractivity contribution in [1.29, 1.82) is 0 Å². The third-order valence-corrected chi connectivity index (χ3v) is 2.67. The summed E-state index contributed by atoms with van der Waals surface area (Å²) in [6, 6.07) is 4.41. The van der Waals surface area contributed by atoms with Crippen LogP contribution in [0.25, 0.3) is 0 Å². The van der Waals surface area contributed by atoms with Gasteiger partial charge in [0.2, 0.25) is 0 Å². The summed E-state index contributed by atoms with van der Waals surface area (Å²) in [5.41, 5.74) is 11.2. The Balaban J connectivity index is 3.11. The van der Waals surface area contributed by atoms with E-state index >= 15 is 0 Å². The molecule has 1 aromatic rings. The molecule has 0 radical (unpaired) electrons. The van der Waals surface area contributed by atoms with E-state index in [1.165, 1.54) is 35.1 Å². The maximum absolute atomic E-state index is 5.72. The van der Waals surface area contributed by atoms with Crippen LogP contribution >= 0.6 is 0 Å². The summed E-state index contributed by atoms with van der Waals surface area (Å²) in [5.74, 6) is 0. The molecule has 0 spiro atoms. The minimum absolute atomic E-state index is 0.662. The maximum Gasteiger partial charge on any atom is 0.0183 e. The summed E-state index contributed by atoms with van der Waals surface area (Å²) in [6.45, 7) is 7.18. The van der Waals surface area contributed by atoms with Crippen LogP contribution in [0.15, 0.2) is 12.1 Å². The largest absolute Gasteiger partial charge is 0.326 e. The molecule has 0 bridgehead atoms. The predicted octanol–water partition coefficient (Wildman–Crippen LogP) is 2.71. The third-order valence-electron chi connectivity index (χ3n) is 2.67. The molecule has 0 atom stereocenters. The van der Waals surface area contributed by atoms with E-state index in [-0.39, 0.29) is 0 Å². The molecule has 0 saturated heterocycles. The zero-order valence-electron chi connectivity index (χ0n) is 8.85. The molecule has 0 unspecified atom stereocenters. The van der Waals surface area contributed by atoms with Crippen LogP contribution in [0.1, 0.15) is 35.6 Å². The van der Waals surface area contributed by atoms with Gasteiger partial charge in [-0.1, -0.05) is 25.5 Å². The van der Waals surface area contributed by atoms with E-state index in [2.05, 4.69) is 32.9 Å². The summed E-state index contributed by atoms with van der Waals surface area (Å²) >= 11 is 0. The van der Waals surface area contributed by atoms with Crippen molar-refractivity contribution >= 4 is 0 Å². The first kappa shape index (κ1) is 10.3. The lowest BCUT2D eigenvalue weighted by atomic mass is 9.95. The minimum Gasteiger partial charge on any atom is -0.326 e. The Labute approximate surface area is 81.0 Å². The van der Waals surface area contributed by atoms with Crippen LogP contribution in [-0.4, -0.2) is 0 Å². The highest BCUT2D eigenvalue weighted by Gasteiger charge is 2.04. The minimum atomic E-state index is 0.662. The smallest absolute Gasteiger partial charge is 0.0183 e. The third kappa shape index (κ3) is 2.10. The highest BCUT2D eigenvalue weighted by atomic mass is 14.5. The summed E-state index contributed by atoms with van der Waals surface area (Å²) in [5, 5.41) is 0. The van der Waals surface area contributed by atoms with Gasteiger partial charge in [0.1, 0.15) is 0 Å². The molecule has 0 heterocycles. The van der Waals surface area contributed by atoms with Gasteiger partial charge >= 0.3 is 0 Å². The number of nitrogens with two attached hydrogens (primary N) is 1. The molecule has 2 N–H and O–H groups in total. The standard InChI is InChI=1S/C12H19N/c1-4-5-11-7-6-9(2)12(8-13)10(11)3/h6-7H,4-5,8,13H2,1-3H3. The van der Waals surface area contributed by atoms with Crippen LogP contribution < -0.4 is 5.73 Å². The van der Waals surface area contributed by atoms with Gasteiger partial charge in [0.15, 0.2) is 0 Å². The summed E-state index contributed by atoms with van der Waals surface area (Å²) in [4.78, 5) is 0. The van der Waals surface area contributed by atoms with Gasteiger partial charge in [-0.15, -0.1) is 0 Å². The Morgan fingerprint density at radius 2 is 1.92 bits per heavy atom. The van der Waals surface area contributed by atoms with Gasteiger partial charge in [-0.25, -0.2) is 0 Å². The van der Waals surface area contributed by atoms with Crippen LogP contribution in [-0.2, 0) is 13.0 Å². The first-order valence-corrected chi connectivity index (χ1v) is 4.98. The molecule has 72 valence electrons. The first-order chi connectivity index (χ1) is 6.20. The fourth-order valence-electron chi connectivity index (χ4n) is 1.79. The van der Waals surface area contributed by atoms with Gasteiger partial charge in [-0.05, 0) is 42.5 Å². The zero-order valence-corrected chi connectivity index (χ0v) is 8.85. The lowest BCUT2D eigenvalue weighted by Crippen LogP contribution is -2.04. The van der Waals surface area contributed by atoms with E-state index < -0.39 is 0 Å². The van der Waals surface area contributed by atoms with E-state index in [1.54, 1.807) is 0 Å². The molecule has 0 aliphatic heterocycles. The lowest BCUT2D eigenvalue weighted by molar-refractivity contribution is 0.899. The molecule has 1 nitrogen and oxygen atoms in total.